The molecule has 4 nitrogen and oxygen atoms in total. The number of rotatable bonds is 13. The van der Waals surface area contributed by atoms with Gasteiger partial charge in [-0.2, -0.15) is 0 Å². The zero-order valence-electron chi connectivity index (χ0n) is 23.7. The van der Waals surface area contributed by atoms with E-state index in [4.69, 9.17) is 14.6 Å². The van der Waals surface area contributed by atoms with E-state index in [-0.39, 0.29) is 18.1 Å². The van der Waals surface area contributed by atoms with Crippen LogP contribution in [0, 0.1) is 11.8 Å². The molecule has 3 aromatic rings. The van der Waals surface area contributed by atoms with Crippen LogP contribution in [0.1, 0.15) is 68.9 Å². The predicted molar refractivity (Wildman–Crippen MR) is 160 cm³/mol. The number of ether oxygens (including phenoxy) is 2. The van der Waals surface area contributed by atoms with Gasteiger partial charge in [0.25, 0.3) is 0 Å². The molecule has 1 atom stereocenters. The fourth-order valence-corrected chi connectivity index (χ4v) is 5.96. The highest BCUT2D eigenvalue weighted by Crippen LogP contribution is 2.39. The fraction of sp³-hybridized carbons (Fsp3) is 0.457. The average Bonchev–Trinajstić information content (AvgIpc) is 2.98. The lowest BCUT2D eigenvalue weighted by atomic mass is 9.74. The molecule has 0 amide bonds. The average molecular weight is 529 g/mol. The largest absolute Gasteiger partial charge is 0.462 e. The Hall–Kier alpha value is -2.95. The first-order valence-electron chi connectivity index (χ1n) is 14.6. The van der Waals surface area contributed by atoms with Crippen molar-refractivity contribution in [3.8, 4) is 11.1 Å². The van der Waals surface area contributed by atoms with Gasteiger partial charge in [-0.1, -0.05) is 80.9 Å². The van der Waals surface area contributed by atoms with Crippen LogP contribution in [-0.4, -0.2) is 38.0 Å². The van der Waals surface area contributed by atoms with Gasteiger partial charge < -0.3 is 14.6 Å². The molecule has 4 rings (SSSR count). The first-order chi connectivity index (χ1) is 19.0. The maximum Gasteiger partial charge on any atom is 0.335 e. The number of aliphatic hydroxyl groups is 1. The van der Waals surface area contributed by atoms with E-state index in [9.17, 15) is 4.79 Å². The minimum atomic E-state index is -0.522. The van der Waals surface area contributed by atoms with Crippen LogP contribution in [0.4, 0.5) is 0 Å². The highest BCUT2D eigenvalue weighted by atomic mass is 16.5. The number of hydrogen-bond donors (Lipinski definition) is 1. The Labute approximate surface area is 234 Å². The molecule has 4 heteroatoms. The van der Waals surface area contributed by atoms with E-state index in [1.54, 1.807) is 7.11 Å². The summed E-state index contributed by atoms with van der Waals surface area (Å²) in [5, 5.41) is 11.7. The molecule has 1 N–H and O–H groups in total. The number of esters is 1. The van der Waals surface area contributed by atoms with Crippen molar-refractivity contribution in [1.82, 2.24) is 0 Å². The Balaban J connectivity index is 1.34. The van der Waals surface area contributed by atoms with Crippen LogP contribution in [-0.2, 0) is 20.7 Å². The van der Waals surface area contributed by atoms with Gasteiger partial charge in [0, 0.05) is 13.0 Å². The molecule has 0 radical (unpaired) electrons. The number of aryl methyl sites for hydroxylation is 1. The molecule has 1 fully saturated rings. The van der Waals surface area contributed by atoms with Gasteiger partial charge in [0.1, 0.15) is 0 Å². The third-order valence-electron chi connectivity index (χ3n) is 8.42. The molecule has 1 aliphatic carbocycles. The zero-order valence-corrected chi connectivity index (χ0v) is 23.7. The fourth-order valence-electron chi connectivity index (χ4n) is 5.96. The number of benzene rings is 3. The van der Waals surface area contributed by atoms with Crippen molar-refractivity contribution in [3.63, 3.8) is 0 Å². The highest BCUT2D eigenvalue weighted by molar-refractivity contribution is 5.88. The molecule has 1 unspecified atom stereocenters. The van der Waals surface area contributed by atoms with Crippen molar-refractivity contribution < 1.29 is 19.4 Å². The van der Waals surface area contributed by atoms with Crippen LogP contribution in [0.15, 0.2) is 72.8 Å². The van der Waals surface area contributed by atoms with Crippen LogP contribution in [0.25, 0.3) is 21.9 Å². The second-order valence-corrected chi connectivity index (χ2v) is 11.2. The third kappa shape index (κ3) is 7.80. The third-order valence-corrected chi connectivity index (χ3v) is 8.42. The lowest BCUT2D eigenvalue weighted by Crippen LogP contribution is -2.29. The van der Waals surface area contributed by atoms with E-state index in [1.165, 1.54) is 52.3 Å². The molecule has 0 aromatic heterocycles. The maximum atomic E-state index is 11.9. The van der Waals surface area contributed by atoms with Crippen LogP contribution in [0.2, 0.25) is 0 Å². The SMILES string of the molecule is C=C(CO)C(=O)OCC(COC)C1CCC(c2ccc(-c3ccc4cc(CCCCC)ccc4c3)cc2)CC1. The number of fused-ring (bicyclic) bond motifs is 1. The Kier molecular flexibility index (Phi) is 10.8. The number of unbranched alkanes of at least 4 members (excludes halogenated alkanes) is 2. The number of aliphatic hydroxyl groups excluding tert-OH is 1. The number of carbonyl (C=O) groups is 1. The molecule has 0 heterocycles. The summed E-state index contributed by atoms with van der Waals surface area (Å²) in [6.07, 6.45) is 9.40. The molecule has 0 bridgehead atoms. The first-order valence-corrected chi connectivity index (χ1v) is 14.6. The summed E-state index contributed by atoms with van der Waals surface area (Å²) in [6.45, 7) is 6.30. The van der Waals surface area contributed by atoms with Gasteiger partial charge in [-0.25, -0.2) is 4.79 Å². The van der Waals surface area contributed by atoms with Crippen molar-refractivity contribution >= 4 is 16.7 Å². The summed E-state index contributed by atoms with van der Waals surface area (Å²) in [5.74, 6) is 0.651. The minimum absolute atomic E-state index is 0.0916. The highest BCUT2D eigenvalue weighted by Gasteiger charge is 2.29. The molecular formula is C35H44O4. The molecule has 3 aromatic carbocycles. The van der Waals surface area contributed by atoms with Crippen molar-refractivity contribution in [1.29, 1.82) is 0 Å². The number of carbonyl (C=O) groups excluding carboxylic acids is 1. The normalized spacial score (nSPS) is 18.1. The number of methoxy groups -OCH3 is 1. The second kappa shape index (κ2) is 14.4. The van der Waals surface area contributed by atoms with Gasteiger partial charge in [-0.3, -0.25) is 0 Å². The van der Waals surface area contributed by atoms with Crippen LogP contribution < -0.4 is 0 Å². The van der Waals surface area contributed by atoms with Crippen molar-refractivity contribution in [2.75, 3.05) is 26.9 Å². The summed E-state index contributed by atoms with van der Waals surface area (Å²) in [6, 6.07) is 22.9. The van der Waals surface area contributed by atoms with E-state index < -0.39 is 5.97 Å². The van der Waals surface area contributed by atoms with E-state index in [2.05, 4.69) is 74.2 Å². The molecule has 208 valence electrons. The van der Waals surface area contributed by atoms with Crippen LogP contribution >= 0.6 is 0 Å². The van der Waals surface area contributed by atoms with Crippen molar-refractivity contribution in [2.24, 2.45) is 11.8 Å². The van der Waals surface area contributed by atoms with Crippen LogP contribution in [0.3, 0.4) is 0 Å². The molecule has 0 aliphatic heterocycles. The summed E-state index contributed by atoms with van der Waals surface area (Å²) >= 11 is 0. The van der Waals surface area contributed by atoms with Crippen molar-refractivity contribution in [3.05, 3.63) is 83.9 Å². The maximum absolute atomic E-state index is 11.9. The van der Waals surface area contributed by atoms with E-state index in [1.807, 2.05) is 0 Å². The lowest BCUT2D eigenvalue weighted by molar-refractivity contribution is -0.142. The Morgan fingerprint density at radius 3 is 2.31 bits per heavy atom. The van der Waals surface area contributed by atoms with Gasteiger partial charge in [-0.05, 0) is 89.5 Å². The van der Waals surface area contributed by atoms with Gasteiger partial charge in [0.2, 0.25) is 0 Å². The van der Waals surface area contributed by atoms with Crippen molar-refractivity contribution in [2.45, 2.75) is 64.2 Å². The molecule has 1 aliphatic rings. The predicted octanol–water partition coefficient (Wildman–Crippen LogP) is 7.87. The van der Waals surface area contributed by atoms with Gasteiger partial charge in [-0.15, -0.1) is 0 Å². The van der Waals surface area contributed by atoms with Gasteiger partial charge >= 0.3 is 5.97 Å². The molecular weight excluding hydrogens is 484 g/mol. The van der Waals surface area contributed by atoms with E-state index in [0.29, 0.717) is 25.0 Å². The Bertz CT molecular complexity index is 1220. The second-order valence-electron chi connectivity index (χ2n) is 11.2. The zero-order chi connectivity index (χ0) is 27.6. The molecule has 39 heavy (non-hydrogen) atoms. The summed E-state index contributed by atoms with van der Waals surface area (Å²) in [5.41, 5.74) is 5.45. The molecule has 0 saturated heterocycles. The summed E-state index contributed by atoms with van der Waals surface area (Å²) in [7, 11) is 1.69. The van der Waals surface area contributed by atoms with Crippen LogP contribution in [0.5, 0.6) is 0 Å². The summed E-state index contributed by atoms with van der Waals surface area (Å²) in [4.78, 5) is 11.9. The first kappa shape index (κ1) is 29.0. The molecule has 1 saturated carbocycles. The van der Waals surface area contributed by atoms with E-state index in [0.717, 1.165) is 32.1 Å². The number of hydrogen-bond acceptors (Lipinski definition) is 4. The van der Waals surface area contributed by atoms with Gasteiger partial charge in [0.05, 0.1) is 25.4 Å². The minimum Gasteiger partial charge on any atom is -0.462 e. The van der Waals surface area contributed by atoms with Gasteiger partial charge in [0.15, 0.2) is 0 Å². The lowest BCUT2D eigenvalue weighted by Gasteiger charge is -2.33. The Morgan fingerprint density at radius 1 is 0.923 bits per heavy atom. The monoisotopic (exact) mass is 528 g/mol. The standard InChI is InChI=1S/C35H44O4/c1-4-5-6-7-26-8-9-33-21-32(19-18-31(33)20-26)29-14-10-27(11-15-29)28-12-16-30(17-13-28)34(23-38-3)24-39-35(37)25(2)22-36/h8-11,14-15,18-21,28,30,34,36H,2,4-7,12-13,16-17,22-24H2,1,3H3. The molecule has 0 spiro atoms. The smallest absolute Gasteiger partial charge is 0.335 e. The topological polar surface area (TPSA) is 55.8 Å². The summed E-state index contributed by atoms with van der Waals surface area (Å²) < 4.78 is 10.8. The Morgan fingerprint density at radius 2 is 1.62 bits per heavy atom. The quantitative estimate of drug-likeness (QED) is 0.139. The van der Waals surface area contributed by atoms with E-state index >= 15 is 0 Å².